The lowest BCUT2D eigenvalue weighted by atomic mass is 10.0. The topological polar surface area (TPSA) is 50.4 Å². The van der Waals surface area contributed by atoms with Crippen LogP contribution in [0.5, 0.6) is 0 Å². The Kier molecular flexibility index (Phi) is 5.82. The minimum atomic E-state index is -0.105. The molecule has 2 rings (SSSR count). The van der Waals surface area contributed by atoms with Crippen LogP contribution in [0.3, 0.4) is 0 Å². The summed E-state index contributed by atoms with van der Waals surface area (Å²) in [6, 6.07) is 7.49. The summed E-state index contributed by atoms with van der Waals surface area (Å²) in [4.78, 5) is 11.7. The standard InChI is InChI=1S/C14H19BrN2O2/c15-12-3-5-13(6-4-12)17-14(18)10-19-9-11-2-1-7-16-8-11/h3-6,11,16H,1-2,7-10H2,(H,17,18). The van der Waals surface area contributed by atoms with Crippen LogP contribution in [0.1, 0.15) is 12.8 Å². The maximum atomic E-state index is 11.7. The number of carbonyl (C=O) groups is 1. The maximum absolute atomic E-state index is 11.7. The zero-order valence-electron chi connectivity index (χ0n) is 10.8. The van der Waals surface area contributed by atoms with Gasteiger partial charge in [-0.3, -0.25) is 4.79 Å². The lowest BCUT2D eigenvalue weighted by Gasteiger charge is -2.22. The minimum absolute atomic E-state index is 0.105. The molecule has 0 aliphatic carbocycles. The zero-order valence-corrected chi connectivity index (χ0v) is 12.4. The average molecular weight is 327 g/mol. The van der Waals surface area contributed by atoms with Gasteiger partial charge in [-0.15, -0.1) is 0 Å². The fourth-order valence-corrected chi connectivity index (χ4v) is 2.38. The molecule has 1 aromatic rings. The third kappa shape index (κ3) is 5.30. The van der Waals surface area contributed by atoms with E-state index in [0.717, 1.165) is 23.2 Å². The molecule has 1 fully saturated rings. The number of hydrogen-bond acceptors (Lipinski definition) is 3. The molecule has 4 nitrogen and oxygen atoms in total. The molecule has 1 heterocycles. The van der Waals surface area contributed by atoms with E-state index in [0.29, 0.717) is 12.5 Å². The van der Waals surface area contributed by atoms with Crippen molar-refractivity contribution in [1.29, 1.82) is 0 Å². The maximum Gasteiger partial charge on any atom is 0.250 e. The number of benzene rings is 1. The Morgan fingerprint density at radius 1 is 1.42 bits per heavy atom. The van der Waals surface area contributed by atoms with Crippen LogP contribution in [0.15, 0.2) is 28.7 Å². The van der Waals surface area contributed by atoms with E-state index >= 15 is 0 Å². The van der Waals surface area contributed by atoms with Gasteiger partial charge in [-0.05, 0) is 49.6 Å². The molecule has 5 heteroatoms. The summed E-state index contributed by atoms with van der Waals surface area (Å²) >= 11 is 3.35. The summed E-state index contributed by atoms with van der Waals surface area (Å²) in [6.45, 7) is 2.86. The Labute approximate surface area is 122 Å². The van der Waals surface area contributed by atoms with Crippen molar-refractivity contribution in [2.24, 2.45) is 5.92 Å². The molecule has 1 atom stereocenters. The Balaban J connectivity index is 1.65. The van der Waals surface area contributed by atoms with Crippen molar-refractivity contribution in [1.82, 2.24) is 5.32 Å². The molecule has 0 radical (unpaired) electrons. The molecule has 1 aromatic carbocycles. The van der Waals surface area contributed by atoms with Gasteiger partial charge in [0.05, 0.1) is 6.61 Å². The van der Waals surface area contributed by atoms with Gasteiger partial charge in [0.2, 0.25) is 5.91 Å². The molecule has 0 saturated carbocycles. The van der Waals surface area contributed by atoms with Crippen LogP contribution in [0.25, 0.3) is 0 Å². The first-order chi connectivity index (χ1) is 9.24. The fraction of sp³-hybridized carbons (Fsp3) is 0.500. The van der Waals surface area contributed by atoms with Crippen LogP contribution in [0.2, 0.25) is 0 Å². The summed E-state index contributed by atoms with van der Waals surface area (Å²) < 4.78 is 6.46. The molecule has 19 heavy (non-hydrogen) atoms. The van der Waals surface area contributed by atoms with Crippen molar-refractivity contribution < 1.29 is 9.53 Å². The summed E-state index contributed by atoms with van der Waals surface area (Å²) in [7, 11) is 0. The third-order valence-electron chi connectivity index (χ3n) is 3.11. The van der Waals surface area contributed by atoms with E-state index in [2.05, 4.69) is 26.6 Å². The second-order valence-electron chi connectivity index (χ2n) is 4.78. The minimum Gasteiger partial charge on any atom is -0.371 e. The van der Waals surface area contributed by atoms with E-state index in [1.807, 2.05) is 24.3 Å². The van der Waals surface area contributed by atoms with E-state index in [4.69, 9.17) is 4.74 Å². The summed E-state index contributed by atoms with van der Waals surface area (Å²) in [5.41, 5.74) is 0.788. The van der Waals surface area contributed by atoms with E-state index < -0.39 is 0 Å². The highest BCUT2D eigenvalue weighted by atomic mass is 79.9. The number of halogens is 1. The number of amides is 1. The first kappa shape index (κ1) is 14.5. The van der Waals surface area contributed by atoms with Gasteiger partial charge in [0.15, 0.2) is 0 Å². The van der Waals surface area contributed by atoms with Gasteiger partial charge in [0.25, 0.3) is 0 Å². The van der Waals surface area contributed by atoms with Gasteiger partial charge >= 0.3 is 0 Å². The van der Waals surface area contributed by atoms with Crippen LogP contribution >= 0.6 is 15.9 Å². The molecule has 1 unspecified atom stereocenters. The summed E-state index contributed by atoms with van der Waals surface area (Å²) in [5, 5.41) is 6.14. The predicted molar refractivity (Wildman–Crippen MR) is 79.2 cm³/mol. The second-order valence-corrected chi connectivity index (χ2v) is 5.70. The molecule has 2 N–H and O–H groups in total. The molecule has 0 spiro atoms. The van der Waals surface area contributed by atoms with Crippen LogP contribution in [-0.2, 0) is 9.53 Å². The lowest BCUT2D eigenvalue weighted by Crippen LogP contribution is -2.33. The van der Waals surface area contributed by atoms with Crippen molar-refractivity contribution in [3.63, 3.8) is 0 Å². The summed E-state index contributed by atoms with van der Waals surface area (Å²) in [5.74, 6) is 0.431. The highest BCUT2D eigenvalue weighted by molar-refractivity contribution is 9.10. The Morgan fingerprint density at radius 3 is 2.89 bits per heavy atom. The van der Waals surface area contributed by atoms with E-state index in [1.54, 1.807) is 0 Å². The number of hydrogen-bond donors (Lipinski definition) is 2. The number of anilines is 1. The molecule has 104 valence electrons. The molecule has 1 amide bonds. The van der Waals surface area contributed by atoms with Crippen molar-refractivity contribution in [2.75, 3.05) is 31.6 Å². The number of nitrogens with one attached hydrogen (secondary N) is 2. The number of carbonyl (C=O) groups excluding carboxylic acids is 1. The monoisotopic (exact) mass is 326 g/mol. The number of ether oxygens (including phenoxy) is 1. The molecular weight excluding hydrogens is 308 g/mol. The average Bonchev–Trinajstić information content (AvgIpc) is 2.43. The normalized spacial score (nSPS) is 19.1. The molecule has 1 aliphatic heterocycles. The van der Waals surface area contributed by atoms with E-state index in [1.165, 1.54) is 12.8 Å². The zero-order chi connectivity index (χ0) is 13.5. The molecule has 1 saturated heterocycles. The lowest BCUT2D eigenvalue weighted by molar-refractivity contribution is -0.121. The van der Waals surface area contributed by atoms with Gasteiger partial charge in [0, 0.05) is 16.7 Å². The molecule has 0 bridgehead atoms. The van der Waals surface area contributed by atoms with Crippen molar-refractivity contribution in [3.05, 3.63) is 28.7 Å². The quantitative estimate of drug-likeness (QED) is 0.873. The van der Waals surface area contributed by atoms with E-state index in [9.17, 15) is 4.79 Å². The number of rotatable bonds is 5. The van der Waals surface area contributed by atoms with Crippen molar-refractivity contribution in [3.8, 4) is 0 Å². The fourth-order valence-electron chi connectivity index (χ4n) is 2.11. The van der Waals surface area contributed by atoms with Gasteiger partial charge < -0.3 is 15.4 Å². The first-order valence-electron chi connectivity index (χ1n) is 6.58. The SMILES string of the molecule is O=C(COCC1CCCNC1)Nc1ccc(Br)cc1. The Morgan fingerprint density at radius 2 is 2.21 bits per heavy atom. The second kappa shape index (κ2) is 7.62. The molecular formula is C14H19BrN2O2. The first-order valence-corrected chi connectivity index (χ1v) is 7.37. The van der Waals surface area contributed by atoms with E-state index in [-0.39, 0.29) is 12.5 Å². The number of piperidine rings is 1. The highest BCUT2D eigenvalue weighted by Gasteiger charge is 2.13. The molecule has 1 aliphatic rings. The highest BCUT2D eigenvalue weighted by Crippen LogP contribution is 2.14. The van der Waals surface area contributed by atoms with Crippen LogP contribution in [0, 0.1) is 5.92 Å². The Bertz CT molecular complexity index is 402. The predicted octanol–water partition coefficient (Wildman–Crippen LogP) is 2.40. The van der Waals surface area contributed by atoms with Crippen LogP contribution < -0.4 is 10.6 Å². The van der Waals surface area contributed by atoms with Crippen molar-refractivity contribution >= 4 is 27.5 Å². The van der Waals surface area contributed by atoms with Gasteiger partial charge in [-0.2, -0.15) is 0 Å². The smallest absolute Gasteiger partial charge is 0.250 e. The largest absolute Gasteiger partial charge is 0.371 e. The Hall–Kier alpha value is -0.910. The molecule has 0 aromatic heterocycles. The van der Waals surface area contributed by atoms with Crippen molar-refractivity contribution in [2.45, 2.75) is 12.8 Å². The van der Waals surface area contributed by atoms with Gasteiger partial charge in [-0.1, -0.05) is 15.9 Å². The third-order valence-corrected chi connectivity index (χ3v) is 3.64. The van der Waals surface area contributed by atoms with Gasteiger partial charge in [0.1, 0.15) is 6.61 Å². The van der Waals surface area contributed by atoms with Crippen LogP contribution in [0.4, 0.5) is 5.69 Å². The summed E-state index contributed by atoms with van der Waals surface area (Å²) in [6.07, 6.45) is 2.38. The van der Waals surface area contributed by atoms with Gasteiger partial charge in [-0.25, -0.2) is 0 Å². The van der Waals surface area contributed by atoms with Crippen LogP contribution in [-0.4, -0.2) is 32.2 Å².